The van der Waals surface area contributed by atoms with E-state index in [0.717, 1.165) is 71.4 Å². The molecule has 0 atom stereocenters. The quantitative estimate of drug-likeness (QED) is 0.0585. The second kappa shape index (κ2) is 34.1. The molecule has 0 unspecified atom stereocenters. The van der Waals surface area contributed by atoms with Crippen LogP contribution in [-0.4, -0.2) is 39.8 Å². The van der Waals surface area contributed by atoms with Crippen LogP contribution in [-0.2, 0) is 61.1 Å². The fourth-order valence-electron chi connectivity index (χ4n) is 5.86. The van der Waals surface area contributed by atoms with E-state index in [9.17, 15) is 14.4 Å². The molecule has 0 aliphatic heterocycles. The van der Waals surface area contributed by atoms with E-state index in [1.54, 1.807) is 18.2 Å². The van der Waals surface area contributed by atoms with E-state index >= 15 is 0 Å². The molecule has 5 rings (SSSR count). The first-order valence-electron chi connectivity index (χ1n) is 24.5. The molecule has 1 N–H and O–H groups in total. The van der Waals surface area contributed by atoms with Crippen LogP contribution in [0, 0.1) is 0 Å². The minimum atomic E-state index is -0.475. The summed E-state index contributed by atoms with van der Waals surface area (Å²) in [5.41, 5.74) is 5.93. The molecule has 72 heavy (non-hydrogen) atoms. The number of carbonyl (C=O) groups is 3. The van der Waals surface area contributed by atoms with E-state index in [2.05, 4.69) is 86.3 Å². The van der Waals surface area contributed by atoms with Crippen molar-refractivity contribution in [3.8, 4) is 17.2 Å². The highest BCUT2D eigenvalue weighted by molar-refractivity contribution is 9.10. The predicted molar refractivity (Wildman–Crippen MR) is 299 cm³/mol. The standard InChI is InChI=1S/C23H28O3.C16H17BrO.C9H12O.2C7H12O2/c1-5-6-18-11-14-21(15-12-18)25-17-20-9-7-19(8-10-20)13-16-22(24)26-23(2,3)4;1-2-3-13-6-10-16(11-7-13)18-12-14-4-8-15(17)9-5-14;1-2-3-8-4-6-9(10)7-5-8;2*1-5-6(8)9-7(2,3)4/h7-16H,5-6,17H2,1-4H3;4-11H,2-3,12H2,1H3;4-7,10H,2-3H2,1H3;2*5H,1H2,2-4H3. The molecule has 0 radical (unpaired) electrons. The molecule has 0 aliphatic rings. The number of phenols is 1. The molecule has 390 valence electrons. The summed E-state index contributed by atoms with van der Waals surface area (Å²) in [5.74, 6) is 1.07. The molecule has 0 aliphatic carbocycles. The molecule has 9 nitrogen and oxygen atoms in total. The Bertz CT molecular complexity index is 2300. The van der Waals surface area contributed by atoms with Gasteiger partial charge in [-0.25, -0.2) is 14.4 Å². The SMILES string of the molecule is C=CC(=O)OC(C)(C)C.C=CC(=O)OC(C)(C)C.CCCc1ccc(O)cc1.CCCc1ccc(OCc2ccc(Br)cc2)cc1.CCCc1ccc(OCc2ccc(C=CC(=O)OC(C)(C)C)cc2)cc1. The number of aromatic hydroxyl groups is 1. The number of hydrogen-bond acceptors (Lipinski definition) is 9. The van der Waals surface area contributed by atoms with Crippen LogP contribution in [0.1, 0.15) is 136 Å². The second-order valence-electron chi connectivity index (χ2n) is 19.5. The number of halogens is 1. The summed E-state index contributed by atoms with van der Waals surface area (Å²) in [5, 5.41) is 8.92. The highest BCUT2D eigenvalue weighted by Gasteiger charge is 2.15. The topological polar surface area (TPSA) is 118 Å². The Labute approximate surface area is 440 Å². The largest absolute Gasteiger partial charge is 0.508 e. The lowest BCUT2D eigenvalue weighted by atomic mass is 10.1. The molecule has 10 heteroatoms. The highest BCUT2D eigenvalue weighted by Crippen LogP contribution is 2.19. The van der Waals surface area contributed by atoms with E-state index in [1.807, 2.05) is 135 Å². The first-order chi connectivity index (χ1) is 33.9. The Morgan fingerprint density at radius 2 is 0.778 bits per heavy atom. The van der Waals surface area contributed by atoms with Crippen LogP contribution in [0.25, 0.3) is 6.08 Å². The van der Waals surface area contributed by atoms with E-state index in [-0.39, 0.29) is 17.9 Å². The molecular formula is C62H81BrO9. The zero-order valence-electron chi connectivity index (χ0n) is 45.0. The number of rotatable bonds is 16. The van der Waals surface area contributed by atoms with Crippen molar-refractivity contribution in [3.63, 3.8) is 0 Å². The van der Waals surface area contributed by atoms with E-state index in [0.29, 0.717) is 19.0 Å². The van der Waals surface area contributed by atoms with Gasteiger partial charge in [-0.2, -0.15) is 0 Å². The van der Waals surface area contributed by atoms with Gasteiger partial charge in [0.2, 0.25) is 0 Å². The molecule has 0 aromatic heterocycles. The molecule has 0 bridgehead atoms. The van der Waals surface area contributed by atoms with Crippen LogP contribution in [0.15, 0.2) is 157 Å². The maximum absolute atomic E-state index is 11.7. The second-order valence-corrected chi connectivity index (χ2v) is 20.4. The first kappa shape index (κ1) is 63.6. The molecule has 0 saturated carbocycles. The van der Waals surface area contributed by atoms with Gasteiger partial charge in [-0.05, 0) is 170 Å². The monoisotopic (exact) mass is 1050 g/mol. The van der Waals surface area contributed by atoms with Gasteiger partial charge in [-0.1, -0.05) is 142 Å². The van der Waals surface area contributed by atoms with Crippen molar-refractivity contribution in [1.82, 2.24) is 0 Å². The average Bonchev–Trinajstić information content (AvgIpc) is 3.31. The number of ether oxygens (including phenoxy) is 5. The number of benzene rings is 5. The van der Waals surface area contributed by atoms with Gasteiger partial charge in [0.1, 0.15) is 47.3 Å². The highest BCUT2D eigenvalue weighted by atomic mass is 79.9. The summed E-state index contributed by atoms with van der Waals surface area (Å²) in [7, 11) is 0. The smallest absolute Gasteiger partial charge is 0.331 e. The minimum absolute atomic E-state index is 0.337. The van der Waals surface area contributed by atoms with Crippen LogP contribution in [0.3, 0.4) is 0 Å². The fraction of sp³-hybridized carbons (Fsp3) is 0.371. The Morgan fingerprint density at radius 1 is 0.472 bits per heavy atom. The lowest BCUT2D eigenvalue weighted by Crippen LogP contribution is -2.22. The fourth-order valence-corrected chi connectivity index (χ4v) is 6.12. The molecule has 0 spiro atoms. The van der Waals surface area contributed by atoms with E-state index in [4.69, 9.17) is 28.8 Å². The van der Waals surface area contributed by atoms with Crippen LogP contribution >= 0.6 is 15.9 Å². The van der Waals surface area contributed by atoms with Gasteiger partial charge >= 0.3 is 17.9 Å². The van der Waals surface area contributed by atoms with Crippen LogP contribution in [0.5, 0.6) is 17.2 Å². The third-order valence-corrected chi connectivity index (χ3v) is 9.60. The van der Waals surface area contributed by atoms with Crippen molar-refractivity contribution >= 4 is 39.9 Å². The summed E-state index contributed by atoms with van der Waals surface area (Å²) in [6.45, 7) is 30.6. The van der Waals surface area contributed by atoms with Crippen molar-refractivity contribution in [3.05, 3.63) is 191 Å². The molecule has 0 amide bonds. The molecule has 5 aromatic carbocycles. The Kier molecular flexibility index (Phi) is 30.1. The normalized spacial score (nSPS) is 10.7. The zero-order chi connectivity index (χ0) is 54.2. The number of aryl methyl sites for hydroxylation is 3. The third kappa shape index (κ3) is 33.2. The molecule has 0 saturated heterocycles. The van der Waals surface area contributed by atoms with E-state index in [1.165, 1.54) is 34.8 Å². The minimum Gasteiger partial charge on any atom is -0.508 e. The summed E-state index contributed by atoms with van der Waals surface area (Å²) in [4.78, 5) is 32.7. The molecular weight excluding hydrogens is 969 g/mol. The van der Waals surface area contributed by atoms with Crippen LogP contribution in [0.4, 0.5) is 0 Å². The van der Waals surface area contributed by atoms with Gasteiger partial charge in [-0.15, -0.1) is 0 Å². The van der Waals surface area contributed by atoms with Gasteiger partial charge in [0.05, 0.1) is 0 Å². The van der Waals surface area contributed by atoms with Crippen molar-refractivity contribution < 1.29 is 43.2 Å². The van der Waals surface area contributed by atoms with Crippen molar-refractivity contribution in [2.45, 2.75) is 152 Å². The van der Waals surface area contributed by atoms with Crippen molar-refractivity contribution in [2.75, 3.05) is 0 Å². The maximum Gasteiger partial charge on any atom is 0.331 e. The predicted octanol–water partition coefficient (Wildman–Crippen LogP) is 15.9. The first-order valence-corrected chi connectivity index (χ1v) is 25.3. The third-order valence-electron chi connectivity index (χ3n) is 9.07. The average molecular weight is 1050 g/mol. The van der Waals surface area contributed by atoms with Crippen molar-refractivity contribution in [2.24, 2.45) is 0 Å². The number of esters is 3. The molecule has 5 aromatic rings. The van der Waals surface area contributed by atoms with Gasteiger partial charge in [0, 0.05) is 22.7 Å². The lowest BCUT2D eigenvalue weighted by molar-refractivity contribution is -0.149. The Morgan fingerprint density at radius 3 is 1.08 bits per heavy atom. The van der Waals surface area contributed by atoms with Gasteiger partial charge in [0.15, 0.2) is 0 Å². The summed E-state index contributed by atoms with van der Waals surface area (Å²) >= 11 is 3.42. The van der Waals surface area contributed by atoms with Gasteiger partial charge < -0.3 is 28.8 Å². The molecule has 0 fully saturated rings. The zero-order valence-corrected chi connectivity index (χ0v) is 46.6. The maximum atomic E-state index is 11.7. The number of phenolic OH excluding ortho intramolecular Hbond substituents is 1. The molecule has 0 heterocycles. The van der Waals surface area contributed by atoms with Crippen LogP contribution in [0.2, 0.25) is 0 Å². The summed E-state index contributed by atoms with van der Waals surface area (Å²) in [6.07, 6.45) is 12.3. The summed E-state index contributed by atoms with van der Waals surface area (Å²) in [6, 6.07) is 40.1. The van der Waals surface area contributed by atoms with Gasteiger partial charge in [-0.3, -0.25) is 0 Å². The summed E-state index contributed by atoms with van der Waals surface area (Å²) < 4.78 is 27.6. The Hall–Kier alpha value is -6.39. The van der Waals surface area contributed by atoms with Crippen LogP contribution < -0.4 is 9.47 Å². The van der Waals surface area contributed by atoms with Gasteiger partial charge in [0.25, 0.3) is 0 Å². The Balaban J connectivity index is 0.000000487. The number of carbonyl (C=O) groups excluding carboxylic acids is 3. The number of hydrogen-bond donors (Lipinski definition) is 1. The van der Waals surface area contributed by atoms with Crippen molar-refractivity contribution in [1.29, 1.82) is 0 Å². The lowest BCUT2D eigenvalue weighted by Gasteiger charge is -2.17. The van der Waals surface area contributed by atoms with E-state index < -0.39 is 16.8 Å².